The van der Waals surface area contributed by atoms with Gasteiger partial charge in [-0.05, 0) is 63.3 Å². The van der Waals surface area contributed by atoms with Crippen molar-refractivity contribution in [2.24, 2.45) is 0 Å². The van der Waals surface area contributed by atoms with Crippen LogP contribution in [0.2, 0.25) is 0 Å². The summed E-state index contributed by atoms with van der Waals surface area (Å²) in [6.45, 7) is 0.346. The highest BCUT2D eigenvalue weighted by molar-refractivity contribution is 14.1. The van der Waals surface area contributed by atoms with E-state index in [2.05, 4.69) is 26.0 Å². The number of nitrogens with one attached hydrogen (secondary N) is 1. The molecular weight excluding hydrogens is 487 g/mol. The van der Waals surface area contributed by atoms with Crippen molar-refractivity contribution >= 4 is 50.4 Å². The Kier molecular flexibility index (Phi) is 8.10. The maximum Gasteiger partial charge on any atom is 0.381 e. The van der Waals surface area contributed by atoms with Crippen LogP contribution in [-0.4, -0.2) is 31.5 Å². The van der Waals surface area contributed by atoms with E-state index in [1.165, 1.54) is 0 Å². The lowest BCUT2D eigenvalue weighted by Crippen LogP contribution is -2.27. The van der Waals surface area contributed by atoms with Crippen molar-refractivity contribution in [2.45, 2.75) is 18.8 Å². The number of halogens is 4. The number of carbonyl (C=O) groups is 2. The van der Waals surface area contributed by atoms with Gasteiger partial charge >= 0.3 is 11.9 Å². The number of rotatable bonds is 7. The first kappa shape index (κ1) is 20.0. The largest absolute Gasteiger partial charge is 0.464 e. The number of benzene rings is 1. The fourth-order valence-corrected chi connectivity index (χ4v) is 2.66. The van der Waals surface area contributed by atoms with E-state index in [1.54, 1.807) is 46.9 Å². The van der Waals surface area contributed by atoms with Gasteiger partial charge in [0.15, 0.2) is 0 Å². The Hall–Kier alpha value is -1.03. The van der Waals surface area contributed by atoms with E-state index >= 15 is 0 Å². The van der Waals surface area contributed by atoms with E-state index in [0.717, 1.165) is 11.6 Å². The minimum absolute atomic E-state index is 0.226. The highest BCUT2D eigenvalue weighted by Crippen LogP contribution is 2.24. The summed E-state index contributed by atoms with van der Waals surface area (Å²) in [4.78, 5) is 22.7. The third-order valence-electron chi connectivity index (χ3n) is 2.78. The van der Waals surface area contributed by atoms with Gasteiger partial charge in [-0.3, -0.25) is 4.79 Å². The fourth-order valence-electron chi connectivity index (χ4n) is 1.63. The van der Waals surface area contributed by atoms with Crippen LogP contribution >= 0.6 is 38.5 Å². The van der Waals surface area contributed by atoms with Crippen LogP contribution in [0.4, 0.5) is 8.78 Å². The number of methoxy groups -OCH3 is 1. The highest BCUT2D eigenvalue weighted by atomic mass is 127. The maximum absolute atomic E-state index is 13.3. The molecule has 0 aliphatic heterocycles. The Morgan fingerprint density at radius 2 is 1.96 bits per heavy atom. The molecule has 0 bridgehead atoms. The van der Waals surface area contributed by atoms with Gasteiger partial charge in [0.05, 0.1) is 7.11 Å². The number of alkyl halides is 2. The van der Waals surface area contributed by atoms with E-state index in [0.29, 0.717) is 34.6 Å². The molecule has 1 aromatic rings. The van der Waals surface area contributed by atoms with Crippen molar-refractivity contribution in [1.29, 1.82) is 0 Å². The van der Waals surface area contributed by atoms with E-state index < -0.39 is 11.9 Å². The van der Waals surface area contributed by atoms with Crippen LogP contribution in [0.1, 0.15) is 23.2 Å². The van der Waals surface area contributed by atoms with E-state index in [1.807, 2.05) is 0 Å². The molecule has 0 spiro atoms. The summed E-state index contributed by atoms with van der Waals surface area (Å²) < 4.78 is 31.9. The molecular formula is C15H15BrF2INO3. The molecule has 1 aromatic carbocycles. The molecule has 1 rings (SSSR count). The van der Waals surface area contributed by atoms with Crippen molar-refractivity contribution in [3.63, 3.8) is 0 Å². The van der Waals surface area contributed by atoms with Gasteiger partial charge in [0.25, 0.3) is 5.91 Å². The number of allylic oxidation sites excluding steroid dienone is 1. The second-order valence-corrected chi connectivity index (χ2v) is 6.87. The first-order chi connectivity index (χ1) is 10.8. The standard InChI is InChI=1S/C15H15BrF2INO3/c1-23-14(22)15(17,18)9-12(19)3-2-8-20-13(21)10-4-6-11(16)7-5-10/h4-7,9H,2-3,8H2,1H3,(H,20,21). The fraction of sp³-hybridized carbons (Fsp3) is 0.333. The summed E-state index contributed by atoms with van der Waals surface area (Å²) in [5.74, 6) is -5.45. The molecule has 0 atom stereocenters. The minimum Gasteiger partial charge on any atom is -0.464 e. The summed E-state index contributed by atoms with van der Waals surface area (Å²) in [5, 5.41) is 2.71. The van der Waals surface area contributed by atoms with E-state index in [9.17, 15) is 18.4 Å². The second kappa shape index (κ2) is 9.31. The number of carbonyl (C=O) groups excluding carboxylic acids is 2. The molecule has 0 aliphatic carbocycles. The Balaban J connectivity index is 2.40. The van der Waals surface area contributed by atoms with Crippen LogP contribution in [0.5, 0.6) is 0 Å². The lowest BCUT2D eigenvalue weighted by molar-refractivity contribution is -0.161. The van der Waals surface area contributed by atoms with Gasteiger partial charge in [-0.2, -0.15) is 8.78 Å². The average Bonchev–Trinajstić information content (AvgIpc) is 2.50. The lowest BCUT2D eigenvalue weighted by Gasteiger charge is -2.10. The summed E-state index contributed by atoms with van der Waals surface area (Å²) in [6.07, 6.45) is 1.39. The quantitative estimate of drug-likeness (QED) is 0.348. The number of amides is 1. The number of hydrogen-bond acceptors (Lipinski definition) is 3. The van der Waals surface area contributed by atoms with Gasteiger partial charge in [-0.25, -0.2) is 4.79 Å². The minimum atomic E-state index is -3.63. The molecule has 0 saturated carbocycles. The maximum atomic E-state index is 13.3. The van der Waals surface area contributed by atoms with Crippen LogP contribution in [0.15, 0.2) is 38.4 Å². The predicted octanol–water partition coefficient (Wildman–Crippen LogP) is 4.09. The van der Waals surface area contributed by atoms with Crippen molar-refractivity contribution in [2.75, 3.05) is 13.7 Å². The smallest absolute Gasteiger partial charge is 0.381 e. The van der Waals surface area contributed by atoms with Crippen molar-refractivity contribution in [3.05, 3.63) is 44.0 Å². The first-order valence-corrected chi connectivity index (χ1v) is 8.50. The molecule has 0 unspecified atom stereocenters. The Bertz CT molecular complexity index is 591. The third-order valence-corrected chi connectivity index (χ3v) is 4.16. The topological polar surface area (TPSA) is 55.4 Å². The Morgan fingerprint density at radius 3 is 2.52 bits per heavy atom. The molecule has 0 heterocycles. The molecule has 0 saturated heterocycles. The van der Waals surface area contributed by atoms with E-state index in [-0.39, 0.29) is 5.91 Å². The zero-order chi connectivity index (χ0) is 17.5. The summed E-state index contributed by atoms with van der Waals surface area (Å²) in [7, 11) is 0.911. The van der Waals surface area contributed by atoms with Crippen LogP contribution in [0.25, 0.3) is 0 Å². The Morgan fingerprint density at radius 1 is 1.35 bits per heavy atom. The molecule has 126 valence electrons. The zero-order valence-electron chi connectivity index (χ0n) is 12.2. The van der Waals surface area contributed by atoms with Crippen molar-refractivity contribution in [1.82, 2.24) is 5.32 Å². The normalized spacial score (nSPS) is 12.0. The molecule has 1 N–H and O–H groups in total. The number of ether oxygens (including phenoxy) is 1. The highest BCUT2D eigenvalue weighted by Gasteiger charge is 2.37. The van der Waals surface area contributed by atoms with Gasteiger partial charge in [0.2, 0.25) is 0 Å². The van der Waals surface area contributed by atoms with Crippen molar-refractivity contribution in [3.8, 4) is 0 Å². The molecule has 0 radical (unpaired) electrons. The SMILES string of the molecule is COC(=O)C(F)(F)C=C(I)CCCNC(=O)c1ccc(Br)cc1. The van der Waals surface area contributed by atoms with E-state index in [4.69, 9.17) is 0 Å². The molecule has 8 heteroatoms. The zero-order valence-corrected chi connectivity index (χ0v) is 16.0. The molecule has 0 fully saturated rings. The molecule has 0 aromatic heterocycles. The van der Waals surface area contributed by atoms with Gasteiger partial charge in [-0.15, -0.1) is 0 Å². The van der Waals surface area contributed by atoms with Crippen molar-refractivity contribution < 1.29 is 23.1 Å². The average molecular weight is 502 g/mol. The first-order valence-electron chi connectivity index (χ1n) is 6.63. The number of hydrogen-bond donors (Lipinski definition) is 1. The Labute approximate surface area is 154 Å². The summed E-state index contributed by atoms with van der Waals surface area (Å²) in [6, 6.07) is 6.88. The van der Waals surface area contributed by atoms with Gasteiger partial charge in [-0.1, -0.05) is 15.9 Å². The molecule has 1 amide bonds. The molecule has 0 aliphatic rings. The van der Waals surface area contributed by atoms with Gasteiger partial charge < -0.3 is 10.1 Å². The molecule has 4 nitrogen and oxygen atoms in total. The van der Waals surface area contributed by atoms with Crippen LogP contribution in [0.3, 0.4) is 0 Å². The number of esters is 1. The summed E-state index contributed by atoms with van der Waals surface area (Å²) >= 11 is 5.02. The van der Waals surface area contributed by atoms with Gasteiger partial charge in [0.1, 0.15) is 0 Å². The van der Waals surface area contributed by atoms with Gasteiger partial charge in [0, 0.05) is 22.7 Å². The monoisotopic (exact) mass is 501 g/mol. The summed E-state index contributed by atoms with van der Waals surface area (Å²) in [5.41, 5.74) is 0.524. The van der Waals surface area contributed by atoms with Crippen LogP contribution in [0, 0.1) is 0 Å². The van der Waals surface area contributed by atoms with Crippen LogP contribution < -0.4 is 5.32 Å². The second-order valence-electron chi connectivity index (χ2n) is 4.57. The lowest BCUT2D eigenvalue weighted by atomic mass is 10.2. The molecule has 23 heavy (non-hydrogen) atoms. The predicted molar refractivity (Wildman–Crippen MR) is 94.8 cm³/mol. The third kappa shape index (κ3) is 6.94. The van der Waals surface area contributed by atoms with Crippen LogP contribution in [-0.2, 0) is 9.53 Å².